The van der Waals surface area contributed by atoms with Crippen LogP contribution in [0.25, 0.3) is 0 Å². The minimum Gasteiger partial charge on any atom is -0.313 e. The fourth-order valence-corrected chi connectivity index (χ4v) is 1.62. The third-order valence-corrected chi connectivity index (χ3v) is 2.82. The quantitative estimate of drug-likeness (QED) is 0.721. The highest BCUT2D eigenvalue weighted by molar-refractivity contribution is 5.25. The summed E-state index contributed by atoms with van der Waals surface area (Å²) >= 11 is 0. The summed E-state index contributed by atoms with van der Waals surface area (Å²) in [5.74, 6) is 0. The van der Waals surface area contributed by atoms with Gasteiger partial charge >= 0.3 is 0 Å². The first-order valence-corrected chi connectivity index (χ1v) is 5.57. The van der Waals surface area contributed by atoms with Crippen molar-refractivity contribution in [2.75, 3.05) is 7.05 Å². The lowest BCUT2D eigenvalue weighted by atomic mass is 9.98. The Morgan fingerprint density at radius 2 is 1.93 bits per heavy atom. The summed E-state index contributed by atoms with van der Waals surface area (Å²) < 4.78 is 0. The Bertz CT molecular complexity index is 311. The van der Waals surface area contributed by atoms with Crippen molar-refractivity contribution in [2.45, 2.75) is 32.7 Å². The van der Waals surface area contributed by atoms with Crippen LogP contribution in [0.2, 0.25) is 0 Å². The highest BCUT2D eigenvalue weighted by Gasteiger charge is 2.09. The number of rotatable bonds is 5. The minimum atomic E-state index is 0.401. The Morgan fingerprint density at radius 1 is 1.33 bits per heavy atom. The molecule has 0 saturated heterocycles. The van der Waals surface area contributed by atoms with Crippen molar-refractivity contribution in [3.63, 3.8) is 0 Å². The molecule has 0 aliphatic heterocycles. The van der Waals surface area contributed by atoms with Gasteiger partial charge in [-0.05, 0) is 32.4 Å². The molecule has 1 N–H and O–H groups in total. The lowest BCUT2D eigenvalue weighted by Crippen LogP contribution is -2.16. The van der Waals surface area contributed by atoms with Crippen molar-refractivity contribution in [1.82, 2.24) is 5.32 Å². The van der Waals surface area contributed by atoms with E-state index in [9.17, 15) is 0 Å². The molecule has 0 saturated carbocycles. The van der Waals surface area contributed by atoms with Crippen LogP contribution in [-0.2, 0) is 0 Å². The fourth-order valence-electron chi connectivity index (χ4n) is 1.62. The summed E-state index contributed by atoms with van der Waals surface area (Å²) in [5, 5.41) is 3.34. The van der Waals surface area contributed by atoms with Crippen LogP contribution < -0.4 is 5.32 Å². The number of nitrogens with one attached hydrogen (secondary N) is 1. The van der Waals surface area contributed by atoms with Gasteiger partial charge in [0.25, 0.3) is 0 Å². The zero-order valence-corrected chi connectivity index (χ0v) is 10.0. The first-order chi connectivity index (χ1) is 7.17. The van der Waals surface area contributed by atoms with Crippen LogP contribution in [0.15, 0.2) is 36.4 Å². The Hall–Kier alpha value is -1.08. The van der Waals surface area contributed by atoms with Gasteiger partial charge in [-0.2, -0.15) is 0 Å². The predicted molar refractivity (Wildman–Crippen MR) is 67.0 cm³/mol. The van der Waals surface area contributed by atoms with Crippen LogP contribution in [0.1, 0.15) is 36.9 Å². The van der Waals surface area contributed by atoms with Gasteiger partial charge in [-0.15, -0.1) is 0 Å². The highest BCUT2D eigenvalue weighted by Crippen LogP contribution is 2.21. The second-order valence-electron chi connectivity index (χ2n) is 4.06. The van der Waals surface area contributed by atoms with Crippen LogP contribution >= 0.6 is 0 Å². The Balaban J connectivity index is 2.74. The van der Waals surface area contributed by atoms with Gasteiger partial charge in [-0.3, -0.25) is 0 Å². The summed E-state index contributed by atoms with van der Waals surface area (Å²) in [6.45, 7) is 8.34. The molecule has 1 rings (SSSR count). The first kappa shape index (κ1) is 12.0. The van der Waals surface area contributed by atoms with Gasteiger partial charge in [-0.25, -0.2) is 0 Å². The van der Waals surface area contributed by atoms with E-state index in [-0.39, 0.29) is 0 Å². The van der Waals surface area contributed by atoms with E-state index in [2.05, 4.69) is 50.0 Å². The second kappa shape index (κ2) is 5.72. The standard InChI is InChI=1S/C14H21N/c1-5-11(2)10-14(15-4)13-8-6-12(3)7-9-13/h6-9,14-15H,2,5,10H2,1,3-4H3. The maximum Gasteiger partial charge on any atom is 0.0355 e. The van der Waals surface area contributed by atoms with Crippen LogP contribution in [-0.4, -0.2) is 7.05 Å². The maximum atomic E-state index is 4.06. The summed E-state index contributed by atoms with van der Waals surface area (Å²) in [5.41, 5.74) is 3.95. The van der Waals surface area contributed by atoms with Gasteiger partial charge in [0.2, 0.25) is 0 Å². The van der Waals surface area contributed by atoms with Gasteiger partial charge in [0, 0.05) is 6.04 Å². The number of aryl methyl sites for hydroxylation is 1. The van der Waals surface area contributed by atoms with Crippen molar-refractivity contribution in [2.24, 2.45) is 0 Å². The zero-order chi connectivity index (χ0) is 11.3. The maximum absolute atomic E-state index is 4.06. The lowest BCUT2D eigenvalue weighted by molar-refractivity contribution is 0.582. The molecule has 0 spiro atoms. The normalized spacial score (nSPS) is 12.5. The molecule has 0 heterocycles. The van der Waals surface area contributed by atoms with Crippen molar-refractivity contribution in [3.05, 3.63) is 47.5 Å². The van der Waals surface area contributed by atoms with Crippen molar-refractivity contribution < 1.29 is 0 Å². The summed E-state index contributed by atoms with van der Waals surface area (Å²) in [4.78, 5) is 0. The highest BCUT2D eigenvalue weighted by atomic mass is 14.9. The van der Waals surface area contributed by atoms with Crippen LogP contribution in [0.3, 0.4) is 0 Å². The Labute approximate surface area is 93.2 Å². The second-order valence-corrected chi connectivity index (χ2v) is 4.06. The molecule has 0 aliphatic carbocycles. The molecule has 1 nitrogen and oxygen atoms in total. The molecule has 1 atom stereocenters. The molecule has 0 bridgehead atoms. The number of benzene rings is 1. The molecule has 0 aliphatic rings. The lowest BCUT2D eigenvalue weighted by Gasteiger charge is -2.17. The van der Waals surface area contributed by atoms with E-state index < -0.39 is 0 Å². The van der Waals surface area contributed by atoms with Crippen LogP contribution in [0, 0.1) is 6.92 Å². The van der Waals surface area contributed by atoms with Gasteiger partial charge in [0.1, 0.15) is 0 Å². The molecule has 0 fully saturated rings. The molecule has 1 aromatic rings. The molecular weight excluding hydrogens is 182 g/mol. The van der Waals surface area contributed by atoms with E-state index in [0.717, 1.165) is 12.8 Å². The fraction of sp³-hybridized carbons (Fsp3) is 0.429. The molecule has 1 unspecified atom stereocenters. The van der Waals surface area contributed by atoms with Crippen LogP contribution in [0.4, 0.5) is 0 Å². The average Bonchev–Trinajstić information content (AvgIpc) is 2.27. The summed E-state index contributed by atoms with van der Waals surface area (Å²) in [6.07, 6.45) is 2.08. The SMILES string of the molecule is C=C(CC)CC(NC)c1ccc(C)cc1. The molecule has 1 heteroatoms. The molecule has 15 heavy (non-hydrogen) atoms. The van der Waals surface area contributed by atoms with E-state index in [4.69, 9.17) is 0 Å². The summed E-state index contributed by atoms with van der Waals surface area (Å²) in [6, 6.07) is 9.11. The van der Waals surface area contributed by atoms with Gasteiger partial charge < -0.3 is 5.32 Å². The van der Waals surface area contributed by atoms with Gasteiger partial charge in [-0.1, -0.05) is 48.9 Å². The third kappa shape index (κ3) is 3.52. The first-order valence-electron chi connectivity index (χ1n) is 5.57. The summed E-state index contributed by atoms with van der Waals surface area (Å²) in [7, 11) is 2.01. The van der Waals surface area contributed by atoms with Crippen LogP contribution in [0.5, 0.6) is 0 Å². The zero-order valence-electron chi connectivity index (χ0n) is 10.0. The van der Waals surface area contributed by atoms with E-state index in [1.807, 2.05) is 7.05 Å². The van der Waals surface area contributed by atoms with Crippen molar-refractivity contribution >= 4 is 0 Å². The minimum absolute atomic E-state index is 0.401. The van der Waals surface area contributed by atoms with E-state index >= 15 is 0 Å². The van der Waals surface area contributed by atoms with E-state index in [0.29, 0.717) is 6.04 Å². The largest absolute Gasteiger partial charge is 0.313 e. The average molecular weight is 203 g/mol. The van der Waals surface area contributed by atoms with Crippen molar-refractivity contribution in [3.8, 4) is 0 Å². The number of hydrogen-bond acceptors (Lipinski definition) is 1. The Kier molecular flexibility index (Phi) is 4.57. The van der Waals surface area contributed by atoms with E-state index in [1.165, 1.54) is 16.7 Å². The molecular formula is C14H21N. The molecule has 1 aromatic carbocycles. The molecule has 0 aromatic heterocycles. The number of hydrogen-bond donors (Lipinski definition) is 1. The van der Waals surface area contributed by atoms with Gasteiger partial charge in [0.05, 0.1) is 0 Å². The third-order valence-electron chi connectivity index (χ3n) is 2.82. The van der Waals surface area contributed by atoms with E-state index in [1.54, 1.807) is 0 Å². The predicted octanol–water partition coefficient (Wildman–Crippen LogP) is 3.61. The van der Waals surface area contributed by atoms with Crippen molar-refractivity contribution in [1.29, 1.82) is 0 Å². The Morgan fingerprint density at radius 3 is 2.40 bits per heavy atom. The monoisotopic (exact) mass is 203 g/mol. The smallest absolute Gasteiger partial charge is 0.0355 e. The molecule has 82 valence electrons. The van der Waals surface area contributed by atoms with Gasteiger partial charge in [0.15, 0.2) is 0 Å². The molecule has 0 amide bonds. The molecule has 0 radical (unpaired) electrons. The topological polar surface area (TPSA) is 12.0 Å².